The molecule has 1 saturated heterocycles. The van der Waals surface area contributed by atoms with Crippen LogP contribution in [0.25, 0.3) is 0 Å². The molecule has 3 amide bonds. The number of rotatable bonds is 9. The average Bonchev–Trinajstić information content (AvgIpc) is 3.31. The van der Waals surface area contributed by atoms with Crippen molar-refractivity contribution in [3.63, 3.8) is 0 Å². The van der Waals surface area contributed by atoms with Gasteiger partial charge in [0.2, 0.25) is 17.7 Å². The molecule has 2 aromatic rings. The van der Waals surface area contributed by atoms with Crippen molar-refractivity contribution in [2.75, 3.05) is 27.3 Å². The number of carbonyl (C=O) groups is 3. The van der Waals surface area contributed by atoms with E-state index in [1.165, 1.54) is 30.0 Å². The number of halogens is 2. The van der Waals surface area contributed by atoms with Gasteiger partial charge in [-0.05, 0) is 48.3 Å². The molecule has 4 rings (SSSR count). The molecule has 1 heterocycles. The summed E-state index contributed by atoms with van der Waals surface area (Å²) in [6.45, 7) is 4.25. The summed E-state index contributed by atoms with van der Waals surface area (Å²) in [4.78, 5) is 44.3. The number of hydrogen-bond acceptors (Lipinski definition) is 4. The fraction of sp³-hybridized carbons (Fsp3) is 0.483. The van der Waals surface area contributed by atoms with Gasteiger partial charge in [0.1, 0.15) is 29.8 Å². The highest BCUT2D eigenvalue weighted by Gasteiger charge is 2.50. The molecule has 1 fully saturated rings. The van der Waals surface area contributed by atoms with E-state index in [9.17, 15) is 18.8 Å². The van der Waals surface area contributed by atoms with E-state index in [0.29, 0.717) is 18.9 Å². The zero-order chi connectivity index (χ0) is 27.6. The Labute approximate surface area is 222 Å². The van der Waals surface area contributed by atoms with Crippen molar-refractivity contribution in [3.05, 3.63) is 70.8 Å². The molecule has 0 aromatic heterocycles. The summed E-state index contributed by atoms with van der Waals surface area (Å²) >= 11 is 0. The lowest BCUT2D eigenvalue weighted by molar-refractivity contribution is -0.160. The van der Waals surface area contributed by atoms with Gasteiger partial charge < -0.3 is 19.9 Å². The van der Waals surface area contributed by atoms with Crippen molar-refractivity contribution in [1.29, 1.82) is 0 Å². The lowest BCUT2D eigenvalue weighted by atomic mass is 9.87. The number of hydrogen-bond donors (Lipinski definition) is 1. The first-order valence-corrected chi connectivity index (χ1v) is 13.0. The Kier molecular flexibility index (Phi) is 8.45. The van der Waals surface area contributed by atoms with Gasteiger partial charge in [0.25, 0.3) is 0 Å². The standard InChI is InChI=1S/C29H35F2N3O4/c1-17(2)13-24-27(35)32-25(20-14-18-7-5-6-8-19(18)15-20)28(36)34(24)26(29(37)33(3)11-12-38-4)22-10-9-21(30)16-23(22)31/h5-10,16-17,20,24-26H,11-15H2,1-4H3,(H,32,35)/t24-,25-,26-/m1/s1. The number of nitrogens with zero attached hydrogens (tertiary/aromatic N) is 2. The van der Waals surface area contributed by atoms with Crippen molar-refractivity contribution in [1.82, 2.24) is 15.1 Å². The molecule has 0 saturated carbocycles. The Morgan fingerprint density at radius 2 is 1.79 bits per heavy atom. The van der Waals surface area contributed by atoms with Crippen LogP contribution in [0.15, 0.2) is 42.5 Å². The second-order valence-electron chi connectivity index (χ2n) is 10.6. The average molecular weight is 528 g/mol. The first kappa shape index (κ1) is 27.7. The highest BCUT2D eigenvalue weighted by Crippen LogP contribution is 2.36. The number of ether oxygens (including phenoxy) is 1. The van der Waals surface area contributed by atoms with Crippen LogP contribution in [0.3, 0.4) is 0 Å². The summed E-state index contributed by atoms with van der Waals surface area (Å²) < 4.78 is 34.2. The molecule has 1 N–H and O–H groups in total. The molecular formula is C29H35F2N3O4. The molecule has 38 heavy (non-hydrogen) atoms. The van der Waals surface area contributed by atoms with E-state index in [4.69, 9.17) is 4.74 Å². The van der Waals surface area contributed by atoms with E-state index in [0.717, 1.165) is 17.2 Å². The Bertz CT molecular complexity index is 1180. The largest absolute Gasteiger partial charge is 0.383 e. The molecule has 0 unspecified atom stereocenters. The van der Waals surface area contributed by atoms with Crippen LogP contribution < -0.4 is 5.32 Å². The number of fused-ring (bicyclic) bond motifs is 1. The summed E-state index contributed by atoms with van der Waals surface area (Å²) in [5.41, 5.74) is 2.09. The van der Waals surface area contributed by atoms with Gasteiger partial charge in [-0.2, -0.15) is 0 Å². The predicted octanol–water partition coefficient (Wildman–Crippen LogP) is 3.27. The molecule has 7 nitrogen and oxygen atoms in total. The number of benzene rings is 2. The van der Waals surface area contributed by atoms with Crippen LogP contribution >= 0.6 is 0 Å². The number of carbonyl (C=O) groups excluding carboxylic acids is 3. The van der Waals surface area contributed by atoms with Crippen molar-refractivity contribution < 1.29 is 27.9 Å². The lowest BCUT2D eigenvalue weighted by Gasteiger charge is -2.45. The summed E-state index contributed by atoms with van der Waals surface area (Å²) in [7, 11) is 3.03. The predicted molar refractivity (Wildman–Crippen MR) is 138 cm³/mol. The second-order valence-corrected chi connectivity index (χ2v) is 10.6. The molecule has 2 aliphatic rings. The maximum Gasteiger partial charge on any atom is 0.249 e. The monoisotopic (exact) mass is 527 g/mol. The minimum absolute atomic E-state index is 0.00775. The van der Waals surface area contributed by atoms with Gasteiger partial charge in [0, 0.05) is 32.3 Å². The van der Waals surface area contributed by atoms with Crippen LogP contribution in [0.1, 0.15) is 43.0 Å². The molecular weight excluding hydrogens is 492 g/mol. The van der Waals surface area contributed by atoms with Crippen LogP contribution in [0.4, 0.5) is 8.78 Å². The van der Waals surface area contributed by atoms with E-state index in [1.807, 2.05) is 38.1 Å². The molecule has 0 bridgehead atoms. The molecule has 9 heteroatoms. The normalized spacial score (nSPS) is 20.4. The van der Waals surface area contributed by atoms with Gasteiger partial charge in [0.15, 0.2) is 0 Å². The summed E-state index contributed by atoms with van der Waals surface area (Å²) in [5, 5.41) is 2.93. The maximum absolute atomic E-state index is 15.2. The van der Waals surface area contributed by atoms with E-state index in [1.54, 1.807) is 0 Å². The Morgan fingerprint density at radius 3 is 2.37 bits per heavy atom. The first-order valence-electron chi connectivity index (χ1n) is 13.0. The van der Waals surface area contributed by atoms with Gasteiger partial charge in [0.05, 0.1) is 6.61 Å². The van der Waals surface area contributed by atoms with Gasteiger partial charge >= 0.3 is 0 Å². The summed E-state index contributed by atoms with van der Waals surface area (Å²) in [5.74, 6) is -3.32. The summed E-state index contributed by atoms with van der Waals surface area (Å²) in [6.07, 6.45) is 1.49. The minimum Gasteiger partial charge on any atom is -0.383 e. The molecule has 3 atom stereocenters. The number of methoxy groups -OCH3 is 1. The maximum atomic E-state index is 15.2. The van der Waals surface area contributed by atoms with Gasteiger partial charge in [-0.15, -0.1) is 0 Å². The van der Waals surface area contributed by atoms with Crippen LogP contribution in [0.2, 0.25) is 0 Å². The fourth-order valence-electron chi connectivity index (χ4n) is 5.55. The topological polar surface area (TPSA) is 79.0 Å². The fourth-order valence-corrected chi connectivity index (χ4v) is 5.55. The van der Waals surface area contributed by atoms with Crippen LogP contribution in [-0.2, 0) is 32.0 Å². The highest BCUT2D eigenvalue weighted by atomic mass is 19.1. The Hall–Kier alpha value is -3.33. The lowest BCUT2D eigenvalue weighted by Crippen LogP contribution is -2.67. The van der Waals surface area contributed by atoms with Gasteiger partial charge in [-0.25, -0.2) is 8.78 Å². The van der Waals surface area contributed by atoms with E-state index < -0.39 is 41.6 Å². The summed E-state index contributed by atoms with van der Waals surface area (Å²) in [6, 6.07) is 7.54. The first-order chi connectivity index (χ1) is 18.1. The SMILES string of the molecule is COCCN(C)C(=O)[C@@H](c1ccc(F)cc1F)N1C(=O)[C@@H](C2Cc3ccccc3C2)NC(=O)[C@H]1CC(C)C. The smallest absolute Gasteiger partial charge is 0.249 e. The van der Waals surface area contributed by atoms with Crippen LogP contribution in [0, 0.1) is 23.5 Å². The quantitative estimate of drug-likeness (QED) is 0.543. The molecule has 204 valence electrons. The molecule has 1 aliphatic heterocycles. The zero-order valence-corrected chi connectivity index (χ0v) is 22.2. The Morgan fingerprint density at radius 1 is 1.13 bits per heavy atom. The van der Waals surface area contributed by atoms with Gasteiger partial charge in [-0.3, -0.25) is 14.4 Å². The van der Waals surface area contributed by atoms with Crippen LogP contribution in [0.5, 0.6) is 0 Å². The number of piperazine rings is 1. The third-order valence-electron chi connectivity index (χ3n) is 7.48. The number of likely N-dealkylation sites (N-methyl/N-ethyl adjacent to an activating group) is 1. The van der Waals surface area contributed by atoms with Crippen molar-refractivity contribution in [3.8, 4) is 0 Å². The van der Waals surface area contributed by atoms with Crippen molar-refractivity contribution >= 4 is 17.7 Å². The van der Waals surface area contributed by atoms with Crippen LogP contribution in [-0.4, -0.2) is 66.9 Å². The van der Waals surface area contributed by atoms with E-state index >= 15 is 4.39 Å². The van der Waals surface area contributed by atoms with Gasteiger partial charge in [-0.1, -0.05) is 44.2 Å². The molecule has 1 aliphatic carbocycles. The van der Waals surface area contributed by atoms with E-state index in [2.05, 4.69) is 5.32 Å². The van der Waals surface area contributed by atoms with E-state index in [-0.39, 0.29) is 42.9 Å². The zero-order valence-electron chi connectivity index (χ0n) is 22.2. The minimum atomic E-state index is -1.44. The molecule has 2 aromatic carbocycles. The third kappa shape index (κ3) is 5.57. The Balaban J connectivity index is 1.78. The molecule has 0 radical (unpaired) electrons. The van der Waals surface area contributed by atoms with Crippen molar-refractivity contribution in [2.24, 2.45) is 11.8 Å². The third-order valence-corrected chi connectivity index (χ3v) is 7.48. The van der Waals surface area contributed by atoms with Crippen molar-refractivity contribution in [2.45, 2.75) is 51.2 Å². The number of amides is 3. The molecule has 0 spiro atoms. The second kappa shape index (κ2) is 11.6. The highest BCUT2D eigenvalue weighted by molar-refractivity contribution is 6.00. The number of nitrogens with one attached hydrogen (secondary N) is 1.